The SMILES string of the molecule is COC(=O)C(=O)CC(c1cccc([N+](=O)[O-])c1)n1cccn1. The molecule has 2 rings (SSSR count). The van der Waals surface area contributed by atoms with Crippen molar-refractivity contribution in [3.63, 3.8) is 0 Å². The Morgan fingerprint density at radius 3 is 2.77 bits per heavy atom. The van der Waals surface area contributed by atoms with E-state index >= 15 is 0 Å². The maximum atomic E-state index is 11.8. The van der Waals surface area contributed by atoms with Crippen LogP contribution in [0.15, 0.2) is 42.7 Å². The van der Waals surface area contributed by atoms with Gasteiger partial charge in [0.15, 0.2) is 0 Å². The number of ketones is 1. The zero-order valence-corrected chi connectivity index (χ0v) is 11.7. The number of carbonyl (C=O) groups is 2. The summed E-state index contributed by atoms with van der Waals surface area (Å²) < 4.78 is 5.87. The molecule has 22 heavy (non-hydrogen) atoms. The minimum Gasteiger partial charge on any atom is -0.463 e. The van der Waals surface area contributed by atoms with Crippen molar-refractivity contribution >= 4 is 17.4 Å². The molecule has 0 radical (unpaired) electrons. The number of nitrogens with zero attached hydrogens (tertiary/aromatic N) is 3. The van der Waals surface area contributed by atoms with Crippen LogP contribution in [0, 0.1) is 10.1 Å². The Morgan fingerprint density at radius 2 is 2.18 bits per heavy atom. The lowest BCUT2D eigenvalue weighted by molar-refractivity contribution is -0.384. The Morgan fingerprint density at radius 1 is 1.41 bits per heavy atom. The van der Waals surface area contributed by atoms with Gasteiger partial charge >= 0.3 is 5.97 Å². The van der Waals surface area contributed by atoms with Crippen LogP contribution >= 0.6 is 0 Å². The molecular formula is C14H13N3O5. The number of Topliss-reactive ketones (excluding diaryl/α,β-unsaturated/α-hetero) is 1. The van der Waals surface area contributed by atoms with Gasteiger partial charge in [0.25, 0.3) is 5.69 Å². The molecule has 0 aliphatic carbocycles. The highest BCUT2D eigenvalue weighted by molar-refractivity contribution is 6.33. The van der Waals surface area contributed by atoms with Gasteiger partial charge in [0.05, 0.1) is 18.1 Å². The number of esters is 1. The Balaban J connectivity index is 2.37. The third-order valence-corrected chi connectivity index (χ3v) is 3.10. The Kier molecular flexibility index (Phi) is 4.62. The lowest BCUT2D eigenvalue weighted by Gasteiger charge is -2.16. The van der Waals surface area contributed by atoms with Crippen molar-refractivity contribution in [2.24, 2.45) is 0 Å². The number of rotatable bonds is 6. The van der Waals surface area contributed by atoms with E-state index in [1.54, 1.807) is 18.3 Å². The van der Waals surface area contributed by atoms with Gasteiger partial charge in [-0.1, -0.05) is 12.1 Å². The van der Waals surface area contributed by atoms with Crippen LogP contribution in [0.5, 0.6) is 0 Å². The number of hydrogen-bond acceptors (Lipinski definition) is 6. The molecule has 0 spiro atoms. The van der Waals surface area contributed by atoms with Crippen molar-refractivity contribution in [1.29, 1.82) is 0 Å². The molecule has 0 N–H and O–H groups in total. The second kappa shape index (κ2) is 6.61. The number of ether oxygens (including phenoxy) is 1. The molecule has 114 valence electrons. The van der Waals surface area contributed by atoms with E-state index in [1.165, 1.54) is 29.1 Å². The van der Waals surface area contributed by atoms with E-state index in [1.807, 2.05) is 0 Å². The molecule has 1 unspecified atom stereocenters. The highest BCUT2D eigenvalue weighted by atomic mass is 16.6. The number of benzene rings is 1. The van der Waals surface area contributed by atoms with Gasteiger partial charge in [-0.2, -0.15) is 5.10 Å². The lowest BCUT2D eigenvalue weighted by atomic mass is 10.0. The zero-order chi connectivity index (χ0) is 16.1. The second-order valence-corrected chi connectivity index (χ2v) is 4.47. The van der Waals surface area contributed by atoms with E-state index in [2.05, 4.69) is 9.84 Å². The summed E-state index contributed by atoms with van der Waals surface area (Å²) in [5, 5.41) is 14.9. The summed E-state index contributed by atoms with van der Waals surface area (Å²) in [7, 11) is 1.12. The van der Waals surface area contributed by atoms with Crippen LogP contribution in [0.3, 0.4) is 0 Å². The standard InChI is InChI=1S/C14H13N3O5/c1-22-14(19)13(18)9-12(16-7-3-6-15-16)10-4-2-5-11(8-10)17(20)21/h2-8,12H,9H2,1H3. The van der Waals surface area contributed by atoms with Crippen LogP contribution in [-0.4, -0.2) is 33.6 Å². The first-order valence-electron chi connectivity index (χ1n) is 6.37. The van der Waals surface area contributed by atoms with Gasteiger partial charge < -0.3 is 4.74 Å². The van der Waals surface area contributed by atoms with E-state index in [0.717, 1.165) is 7.11 Å². The van der Waals surface area contributed by atoms with Crippen molar-refractivity contribution in [1.82, 2.24) is 9.78 Å². The van der Waals surface area contributed by atoms with Crippen LogP contribution in [0.4, 0.5) is 5.69 Å². The van der Waals surface area contributed by atoms with Crippen molar-refractivity contribution in [2.45, 2.75) is 12.5 Å². The van der Waals surface area contributed by atoms with Gasteiger partial charge in [-0.15, -0.1) is 0 Å². The fourth-order valence-corrected chi connectivity index (χ4v) is 2.05. The largest absolute Gasteiger partial charge is 0.463 e. The molecule has 2 aromatic rings. The normalized spacial score (nSPS) is 11.7. The lowest BCUT2D eigenvalue weighted by Crippen LogP contribution is -2.22. The Labute approximate surface area is 125 Å². The van der Waals surface area contributed by atoms with Gasteiger partial charge in [0.1, 0.15) is 0 Å². The maximum Gasteiger partial charge on any atom is 0.374 e. The third-order valence-electron chi connectivity index (χ3n) is 3.10. The van der Waals surface area contributed by atoms with Crippen LogP contribution in [0.25, 0.3) is 0 Å². The van der Waals surface area contributed by atoms with Gasteiger partial charge in [-0.3, -0.25) is 19.6 Å². The Hall–Kier alpha value is -3.03. The molecule has 0 fully saturated rings. The molecule has 0 aliphatic rings. The fraction of sp³-hybridized carbons (Fsp3) is 0.214. The van der Waals surface area contributed by atoms with Gasteiger partial charge in [0.2, 0.25) is 5.78 Å². The number of nitro benzene ring substituents is 1. The smallest absolute Gasteiger partial charge is 0.374 e. The molecule has 0 saturated heterocycles. The van der Waals surface area contributed by atoms with E-state index in [-0.39, 0.29) is 12.1 Å². The minimum atomic E-state index is -0.956. The van der Waals surface area contributed by atoms with Crippen molar-refractivity contribution in [3.8, 4) is 0 Å². The van der Waals surface area contributed by atoms with E-state index in [0.29, 0.717) is 5.56 Å². The molecule has 8 nitrogen and oxygen atoms in total. The predicted octanol–water partition coefficient (Wildman–Crippen LogP) is 1.51. The first-order valence-corrected chi connectivity index (χ1v) is 6.37. The van der Waals surface area contributed by atoms with Gasteiger partial charge in [0, 0.05) is 30.9 Å². The molecule has 1 heterocycles. The highest BCUT2D eigenvalue weighted by Crippen LogP contribution is 2.25. The molecular weight excluding hydrogens is 290 g/mol. The number of carbonyl (C=O) groups excluding carboxylic acids is 2. The number of aromatic nitrogens is 2. The summed E-state index contributed by atoms with van der Waals surface area (Å²) in [4.78, 5) is 33.5. The number of hydrogen-bond donors (Lipinski definition) is 0. The average molecular weight is 303 g/mol. The molecule has 1 atom stereocenters. The maximum absolute atomic E-state index is 11.8. The van der Waals surface area contributed by atoms with Crippen LogP contribution < -0.4 is 0 Å². The van der Waals surface area contributed by atoms with E-state index in [4.69, 9.17) is 0 Å². The van der Waals surface area contributed by atoms with Crippen LogP contribution in [0.2, 0.25) is 0 Å². The van der Waals surface area contributed by atoms with Gasteiger partial charge in [-0.05, 0) is 11.6 Å². The predicted molar refractivity (Wildman–Crippen MR) is 75.1 cm³/mol. The monoisotopic (exact) mass is 303 g/mol. The summed E-state index contributed by atoms with van der Waals surface area (Å²) in [6, 6.07) is 6.91. The Bertz CT molecular complexity index is 696. The van der Waals surface area contributed by atoms with Gasteiger partial charge in [-0.25, -0.2) is 4.79 Å². The second-order valence-electron chi connectivity index (χ2n) is 4.47. The topological polar surface area (TPSA) is 104 Å². The summed E-state index contributed by atoms with van der Waals surface area (Å²) in [6.45, 7) is 0. The number of methoxy groups -OCH3 is 1. The summed E-state index contributed by atoms with van der Waals surface area (Å²) in [5.41, 5.74) is 0.412. The fourth-order valence-electron chi connectivity index (χ4n) is 2.05. The summed E-state index contributed by atoms with van der Waals surface area (Å²) >= 11 is 0. The molecule has 0 amide bonds. The average Bonchev–Trinajstić information content (AvgIpc) is 3.05. The van der Waals surface area contributed by atoms with E-state index in [9.17, 15) is 19.7 Å². The number of nitro groups is 1. The molecule has 1 aromatic carbocycles. The number of non-ortho nitro benzene ring substituents is 1. The van der Waals surface area contributed by atoms with Crippen molar-refractivity contribution < 1.29 is 19.2 Å². The quantitative estimate of drug-likeness (QED) is 0.347. The molecule has 8 heteroatoms. The van der Waals surface area contributed by atoms with Crippen molar-refractivity contribution in [3.05, 3.63) is 58.4 Å². The third kappa shape index (κ3) is 3.35. The molecule has 1 aromatic heterocycles. The minimum absolute atomic E-state index is 0.0971. The first kappa shape index (κ1) is 15.4. The molecule has 0 saturated carbocycles. The van der Waals surface area contributed by atoms with Crippen LogP contribution in [-0.2, 0) is 14.3 Å². The van der Waals surface area contributed by atoms with Crippen molar-refractivity contribution in [2.75, 3.05) is 7.11 Å². The summed E-state index contributed by atoms with van der Waals surface area (Å²) in [5.74, 6) is -1.68. The summed E-state index contributed by atoms with van der Waals surface area (Å²) in [6.07, 6.45) is 2.94. The first-order chi connectivity index (χ1) is 10.5. The zero-order valence-electron chi connectivity index (χ0n) is 11.7. The van der Waals surface area contributed by atoms with E-state index < -0.39 is 22.7 Å². The molecule has 0 bridgehead atoms. The highest BCUT2D eigenvalue weighted by Gasteiger charge is 2.24. The van der Waals surface area contributed by atoms with Crippen LogP contribution in [0.1, 0.15) is 18.0 Å². The molecule has 0 aliphatic heterocycles.